The molecule has 1 aliphatic rings. The van der Waals surface area contributed by atoms with Crippen molar-refractivity contribution < 1.29 is 14.0 Å². The zero-order valence-corrected chi connectivity index (χ0v) is 10.1. The molecule has 96 valence electrons. The predicted molar refractivity (Wildman–Crippen MR) is 64.2 cm³/mol. The quantitative estimate of drug-likeness (QED) is 0.831. The number of hydrogen-bond acceptors (Lipinski definition) is 2. The fourth-order valence-corrected chi connectivity index (χ4v) is 1.98. The number of rotatable bonds is 4. The van der Waals surface area contributed by atoms with E-state index in [0.29, 0.717) is 6.42 Å². The molecule has 1 N–H and O–H groups in total. The lowest BCUT2D eigenvalue weighted by molar-refractivity contribution is -0.128. The molecule has 1 heterocycles. The van der Waals surface area contributed by atoms with Gasteiger partial charge >= 0.3 is 6.03 Å². The van der Waals surface area contributed by atoms with E-state index in [0.717, 1.165) is 12.0 Å². The lowest BCUT2D eigenvalue weighted by Crippen LogP contribution is -2.30. The average Bonchev–Trinajstić information content (AvgIpc) is 2.60. The predicted octanol–water partition coefficient (Wildman–Crippen LogP) is 2.05. The number of halogens is 1. The van der Waals surface area contributed by atoms with Crippen LogP contribution in [0.3, 0.4) is 0 Å². The number of hydrogen-bond donors (Lipinski definition) is 1. The molecule has 1 aromatic carbocycles. The maximum absolute atomic E-state index is 12.8. The van der Waals surface area contributed by atoms with Crippen LogP contribution in [0.1, 0.15) is 25.3 Å². The van der Waals surface area contributed by atoms with Gasteiger partial charge in [0.05, 0.1) is 6.54 Å². The molecule has 0 saturated carbocycles. The van der Waals surface area contributed by atoms with Gasteiger partial charge in [-0.25, -0.2) is 9.18 Å². The Hall–Kier alpha value is -1.91. The van der Waals surface area contributed by atoms with Crippen molar-refractivity contribution in [3.8, 4) is 0 Å². The Labute approximate surface area is 105 Å². The van der Waals surface area contributed by atoms with E-state index < -0.39 is 6.04 Å². The summed E-state index contributed by atoms with van der Waals surface area (Å²) < 4.78 is 12.8. The van der Waals surface area contributed by atoms with Gasteiger partial charge in [-0.15, -0.1) is 0 Å². The molecule has 1 atom stereocenters. The Morgan fingerprint density at radius 2 is 1.94 bits per heavy atom. The second kappa shape index (κ2) is 5.16. The summed E-state index contributed by atoms with van der Waals surface area (Å²) in [6, 6.07) is 4.99. The van der Waals surface area contributed by atoms with Gasteiger partial charge in [0, 0.05) is 0 Å². The molecular weight excluding hydrogens is 235 g/mol. The molecule has 18 heavy (non-hydrogen) atoms. The minimum atomic E-state index is -0.414. The Morgan fingerprint density at radius 1 is 1.28 bits per heavy atom. The highest BCUT2D eigenvalue weighted by Gasteiger charge is 2.36. The van der Waals surface area contributed by atoms with Gasteiger partial charge in [0.2, 0.25) is 0 Å². The van der Waals surface area contributed by atoms with Crippen LogP contribution in [0.4, 0.5) is 9.18 Å². The molecule has 1 fully saturated rings. The first kappa shape index (κ1) is 12.5. The molecule has 0 aliphatic carbocycles. The van der Waals surface area contributed by atoms with Crippen molar-refractivity contribution in [3.05, 3.63) is 35.6 Å². The number of benzene rings is 1. The van der Waals surface area contributed by atoms with Crippen molar-refractivity contribution in [2.45, 2.75) is 32.4 Å². The average molecular weight is 250 g/mol. The third kappa shape index (κ3) is 2.50. The second-order valence-corrected chi connectivity index (χ2v) is 4.34. The van der Waals surface area contributed by atoms with Crippen LogP contribution in [0.2, 0.25) is 0 Å². The Kier molecular flexibility index (Phi) is 3.60. The number of amides is 3. The highest BCUT2D eigenvalue weighted by atomic mass is 19.1. The topological polar surface area (TPSA) is 49.4 Å². The summed E-state index contributed by atoms with van der Waals surface area (Å²) in [6.45, 7) is 2.15. The van der Waals surface area contributed by atoms with E-state index in [1.54, 1.807) is 12.1 Å². The smallest absolute Gasteiger partial charge is 0.325 e. The Balaban J connectivity index is 2.07. The summed E-state index contributed by atoms with van der Waals surface area (Å²) in [5.41, 5.74) is 0.733. The van der Waals surface area contributed by atoms with Crippen molar-refractivity contribution in [1.82, 2.24) is 10.2 Å². The van der Waals surface area contributed by atoms with E-state index in [2.05, 4.69) is 5.32 Å². The van der Waals surface area contributed by atoms with Crippen LogP contribution < -0.4 is 5.32 Å². The molecule has 0 spiro atoms. The highest BCUT2D eigenvalue weighted by molar-refractivity contribution is 6.04. The lowest BCUT2D eigenvalue weighted by atomic mass is 10.1. The monoisotopic (exact) mass is 250 g/mol. The van der Waals surface area contributed by atoms with Crippen LogP contribution >= 0.6 is 0 Å². The first-order valence-corrected chi connectivity index (χ1v) is 5.98. The molecule has 1 aromatic rings. The van der Waals surface area contributed by atoms with Crippen LogP contribution in [0.25, 0.3) is 0 Å². The van der Waals surface area contributed by atoms with Crippen LogP contribution in [0, 0.1) is 5.82 Å². The third-order valence-electron chi connectivity index (χ3n) is 2.94. The molecule has 0 radical (unpaired) electrons. The lowest BCUT2D eigenvalue weighted by Gasteiger charge is -2.12. The fourth-order valence-electron chi connectivity index (χ4n) is 1.98. The normalized spacial score (nSPS) is 19.2. The molecule has 5 heteroatoms. The molecule has 1 saturated heterocycles. The van der Waals surface area contributed by atoms with E-state index in [9.17, 15) is 14.0 Å². The first-order valence-electron chi connectivity index (χ1n) is 5.98. The fraction of sp³-hybridized carbons (Fsp3) is 0.385. The van der Waals surface area contributed by atoms with Crippen molar-refractivity contribution in [2.75, 3.05) is 0 Å². The van der Waals surface area contributed by atoms with Crippen molar-refractivity contribution in [3.63, 3.8) is 0 Å². The molecule has 1 aliphatic heterocycles. The second-order valence-electron chi connectivity index (χ2n) is 4.34. The van der Waals surface area contributed by atoms with Crippen LogP contribution in [0.15, 0.2) is 24.3 Å². The summed E-state index contributed by atoms with van der Waals surface area (Å²) in [7, 11) is 0. The molecular formula is C13H15FN2O2. The van der Waals surface area contributed by atoms with E-state index in [1.807, 2.05) is 6.92 Å². The number of urea groups is 1. The van der Waals surface area contributed by atoms with Gasteiger partial charge in [0.25, 0.3) is 5.91 Å². The maximum Gasteiger partial charge on any atom is 0.325 e. The molecule has 3 amide bonds. The number of carbonyl (C=O) groups excluding carboxylic acids is 2. The number of nitrogens with zero attached hydrogens (tertiary/aromatic N) is 1. The number of carbonyl (C=O) groups is 2. The highest BCUT2D eigenvalue weighted by Crippen LogP contribution is 2.15. The van der Waals surface area contributed by atoms with Crippen molar-refractivity contribution in [2.24, 2.45) is 0 Å². The van der Waals surface area contributed by atoms with Gasteiger partial charge in [0.15, 0.2) is 0 Å². The van der Waals surface area contributed by atoms with Gasteiger partial charge in [-0.2, -0.15) is 0 Å². The molecule has 0 bridgehead atoms. The minimum absolute atomic E-state index is 0.186. The zero-order chi connectivity index (χ0) is 13.1. The SMILES string of the molecule is CCC[C@@H]1NC(=O)N(Cc2ccc(F)cc2)C1=O. The number of nitrogens with one attached hydrogen (secondary N) is 1. The van der Waals surface area contributed by atoms with Crippen LogP contribution in [0.5, 0.6) is 0 Å². The van der Waals surface area contributed by atoms with Gasteiger partial charge in [0.1, 0.15) is 11.9 Å². The molecule has 0 unspecified atom stereocenters. The van der Waals surface area contributed by atoms with E-state index in [1.165, 1.54) is 17.0 Å². The van der Waals surface area contributed by atoms with Crippen molar-refractivity contribution >= 4 is 11.9 Å². The standard InChI is InChI=1S/C13H15FN2O2/c1-2-3-11-12(17)16(13(18)15-11)8-9-4-6-10(14)7-5-9/h4-7,11H,2-3,8H2,1H3,(H,15,18)/t11-/m0/s1. The summed E-state index contributed by atoms with van der Waals surface area (Å²) in [5, 5.41) is 2.65. The third-order valence-corrected chi connectivity index (χ3v) is 2.94. The summed E-state index contributed by atoms with van der Waals surface area (Å²) in [4.78, 5) is 24.8. The number of imide groups is 1. The van der Waals surface area contributed by atoms with E-state index >= 15 is 0 Å². The van der Waals surface area contributed by atoms with Gasteiger partial charge < -0.3 is 5.32 Å². The van der Waals surface area contributed by atoms with E-state index in [-0.39, 0.29) is 24.3 Å². The Bertz CT molecular complexity index is 459. The Morgan fingerprint density at radius 3 is 2.56 bits per heavy atom. The van der Waals surface area contributed by atoms with Crippen LogP contribution in [-0.2, 0) is 11.3 Å². The minimum Gasteiger partial charge on any atom is -0.326 e. The molecule has 0 aromatic heterocycles. The maximum atomic E-state index is 12.8. The zero-order valence-electron chi connectivity index (χ0n) is 10.1. The summed E-state index contributed by atoms with van der Waals surface area (Å²) in [6.07, 6.45) is 1.48. The van der Waals surface area contributed by atoms with E-state index in [4.69, 9.17) is 0 Å². The molecule has 4 nitrogen and oxygen atoms in total. The molecule has 2 rings (SSSR count). The van der Waals surface area contributed by atoms with Crippen molar-refractivity contribution in [1.29, 1.82) is 0 Å². The largest absolute Gasteiger partial charge is 0.326 e. The summed E-state index contributed by atoms with van der Waals surface area (Å²) in [5.74, 6) is -0.536. The first-order chi connectivity index (χ1) is 8.61. The van der Waals surface area contributed by atoms with Gasteiger partial charge in [-0.3, -0.25) is 9.69 Å². The van der Waals surface area contributed by atoms with Gasteiger partial charge in [-0.05, 0) is 24.1 Å². The van der Waals surface area contributed by atoms with Gasteiger partial charge in [-0.1, -0.05) is 25.5 Å². The van der Waals surface area contributed by atoms with Crippen LogP contribution in [-0.4, -0.2) is 22.9 Å². The summed E-state index contributed by atoms with van der Waals surface area (Å²) >= 11 is 0.